The van der Waals surface area contributed by atoms with Gasteiger partial charge in [-0.15, -0.1) is 0 Å². The summed E-state index contributed by atoms with van der Waals surface area (Å²) in [7, 11) is 0. The fourth-order valence-corrected chi connectivity index (χ4v) is 4.50. The van der Waals surface area contributed by atoms with E-state index in [1.807, 2.05) is 48.7 Å². The van der Waals surface area contributed by atoms with E-state index in [1.165, 1.54) is 19.3 Å². The fraction of sp³-hybridized carbons (Fsp3) is 0.400. The molecule has 1 unspecified atom stereocenters. The topological polar surface area (TPSA) is 99.2 Å². The molecule has 2 aliphatic heterocycles. The van der Waals surface area contributed by atoms with Crippen LogP contribution < -0.4 is 5.73 Å². The predicted octanol–water partition coefficient (Wildman–Crippen LogP) is 2.81. The highest BCUT2D eigenvalue weighted by Gasteiger charge is 2.36. The summed E-state index contributed by atoms with van der Waals surface area (Å²) in [6.07, 6.45) is 6.18. The summed E-state index contributed by atoms with van der Waals surface area (Å²) in [6.45, 7) is 4.23. The predicted molar refractivity (Wildman–Crippen MR) is 124 cm³/mol. The number of carbonyl (C=O) groups is 2. The highest BCUT2D eigenvalue weighted by molar-refractivity contribution is 6.09. The number of carboxylic acid groups (broad SMARTS) is 1. The van der Waals surface area contributed by atoms with Gasteiger partial charge in [-0.05, 0) is 55.4 Å². The first-order valence-electron chi connectivity index (χ1n) is 11.2. The molecule has 1 fully saturated rings. The Bertz CT molecular complexity index is 1020. The minimum atomic E-state index is -0.947. The molecule has 2 aromatic rings. The van der Waals surface area contributed by atoms with Gasteiger partial charge in [-0.1, -0.05) is 36.4 Å². The van der Waals surface area contributed by atoms with Crippen LogP contribution in [0.15, 0.2) is 47.6 Å². The van der Waals surface area contributed by atoms with Crippen molar-refractivity contribution in [1.82, 2.24) is 9.91 Å². The van der Waals surface area contributed by atoms with Crippen molar-refractivity contribution >= 4 is 18.0 Å². The van der Waals surface area contributed by atoms with Crippen LogP contribution in [0.25, 0.3) is 0 Å². The van der Waals surface area contributed by atoms with E-state index in [2.05, 4.69) is 10.1 Å². The van der Waals surface area contributed by atoms with Gasteiger partial charge in [0.15, 0.2) is 5.78 Å². The van der Waals surface area contributed by atoms with Gasteiger partial charge in [-0.25, -0.2) is 0 Å². The van der Waals surface area contributed by atoms with E-state index >= 15 is 0 Å². The molecule has 2 aromatic carbocycles. The van der Waals surface area contributed by atoms with Crippen LogP contribution in [0.2, 0.25) is 0 Å². The lowest BCUT2D eigenvalue weighted by atomic mass is 9.86. The molecule has 7 nitrogen and oxygen atoms in total. The maximum Gasteiger partial charge on any atom is 0.317 e. The minimum Gasteiger partial charge on any atom is -0.480 e. The van der Waals surface area contributed by atoms with Gasteiger partial charge in [0, 0.05) is 30.8 Å². The molecular formula is C25H30N4O3. The number of hydrogen-bond donors (Lipinski definition) is 2. The standard InChI is InChI=1S/C25H30N4O3/c1-25(26)22-15-21(10-9-19(22)11-14-28(25)17-23(30)31)24(32)20-7-5-18(6-8-20)16-27-29-12-3-2-4-13-29/h5-10,15-16H,2-4,11-14,17,26H2,1H3,(H,30,31). The molecule has 0 bridgehead atoms. The van der Waals surface area contributed by atoms with Crippen molar-refractivity contribution in [3.05, 3.63) is 70.3 Å². The molecule has 0 spiro atoms. The van der Waals surface area contributed by atoms with Gasteiger partial charge in [0.2, 0.25) is 0 Å². The molecule has 3 N–H and O–H groups in total. The number of ketones is 1. The lowest BCUT2D eigenvalue weighted by Gasteiger charge is -2.42. The van der Waals surface area contributed by atoms with Crippen LogP contribution in [0.1, 0.15) is 58.8 Å². The quantitative estimate of drug-likeness (QED) is 0.536. The number of benzene rings is 2. The highest BCUT2D eigenvalue weighted by atomic mass is 16.4. The van der Waals surface area contributed by atoms with Gasteiger partial charge >= 0.3 is 5.97 Å². The molecule has 2 aliphatic rings. The normalized spacial score (nSPS) is 21.5. The van der Waals surface area contributed by atoms with Gasteiger partial charge in [0.05, 0.1) is 18.4 Å². The Balaban J connectivity index is 1.51. The second-order valence-corrected chi connectivity index (χ2v) is 8.79. The van der Waals surface area contributed by atoms with E-state index in [4.69, 9.17) is 5.73 Å². The first-order chi connectivity index (χ1) is 15.3. The second kappa shape index (κ2) is 9.22. The van der Waals surface area contributed by atoms with Crippen LogP contribution in [0.3, 0.4) is 0 Å². The smallest absolute Gasteiger partial charge is 0.317 e. The molecule has 0 amide bonds. The van der Waals surface area contributed by atoms with Crippen molar-refractivity contribution < 1.29 is 14.7 Å². The number of fused-ring (bicyclic) bond motifs is 1. The number of carboxylic acids is 1. The van der Waals surface area contributed by atoms with E-state index < -0.39 is 11.6 Å². The maximum absolute atomic E-state index is 13.1. The van der Waals surface area contributed by atoms with Crippen molar-refractivity contribution in [1.29, 1.82) is 0 Å². The highest BCUT2D eigenvalue weighted by Crippen LogP contribution is 2.32. The van der Waals surface area contributed by atoms with E-state index in [0.717, 1.165) is 29.8 Å². The van der Waals surface area contributed by atoms with Crippen LogP contribution in [0.5, 0.6) is 0 Å². The van der Waals surface area contributed by atoms with Gasteiger partial charge < -0.3 is 10.8 Å². The van der Waals surface area contributed by atoms with Crippen molar-refractivity contribution in [3.63, 3.8) is 0 Å². The number of nitrogens with zero attached hydrogens (tertiary/aromatic N) is 3. The summed E-state index contributed by atoms with van der Waals surface area (Å²) in [6, 6.07) is 13.0. The average molecular weight is 435 g/mol. The molecule has 0 saturated carbocycles. The summed E-state index contributed by atoms with van der Waals surface area (Å²) < 4.78 is 0. The Labute approximate surface area is 188 Å². The molecule has 0 aromatic heterocycles. The van der Waals surface area contributed by atoms with Crippen molar-refractivity contribution in [2.75, 3.05) is 26.2 Å². The minimum absolute atomic E-state index is 0.0847. The monoisotopic (exact) mass is 434 g/mol. The molecule has 4 rings (SSSR count). The van der Waals surface area contributed by atoms with Crippen molar-refractivity contribution in [2.45, 2.75) is 38.3 Å². The van der Waals surface area contributed by atoms with Crippen LogP contribution in [-0.4, -0.2) is 59.2 Å². The molecule has 168 valence electrons. The first-order valence-corrected chi connectivity index (χ1v) is 11.2. The Morgan fingerprint density at radius 1 is 1.06 bits per heavy atom. The van der Waals surface area contributed by atoms with Crippen LogP contribution in [-0.2, 0) is 16.9 Å². The van der Waals surface area contributed by atoms with Gasteiger partial charge in [0.25, 0.3) is 0 Å². The Kier molecular flexibility index (Phi) is 6.39. The zero-order valence-electron chi connectivity index (χ0n) is 18.5. The number of hydrazone groups is 1. The number of piperidine rings is 1. The third-order valence-corrected chi connectivity index (χ3v) is 6.43. The molecular weight excluding hydrogens is 404 g/mol. The molecule has 1 saturated heterocycles. The SMILES string of the molecule is CC1(N)c2cc(C(=O)c3ccc(C=NN4CCCCC4)cc3)ccc2CCN1CC(=O)O. The third-order valence-electron chi connectivity index (χ3n) is 6.43. The second-order valence-electron chi connectivity index (χ2n) is 8.79. The Morgan fingerprint density at radius 3 is 2.44 bits per heavy atom. The summed E-state index contributed by atoms with van der Waals surface area (Å²) >= 11 is 0. The van der Waals surface area contributed by atoms with Gasteiger partial charge in [0.1, 0.15) is 0 Å². The lowest BCUT2D eigenvalue weighted by Crippen LogP contribution is -2.56. The number of nitrogens with two attached hydrogens (primary N) is 1. The van der Waals surface area contributed by atoms with Crippen molar-refractivity contribution in [2.24, 2.45) is 10.8 Å². The molecule has 0 radical (unpaired) electrons. The summed E-state index contributed by atoms with van der Waals surface area (Å²) in [5.41, 5.74) is 9.55. The Morgan fingerprint density at radius 2 is 1.75 bits per heavy atom. The number of hydrogen-bond acceptors (Lipinski definition) is 6. The summed E-state index contributed by atoms with van der Waals surface area (Å²) in [5.74, 6) is -1.00. The van der Waals surface area contributed by atoms with E-state index in [0.29, 0.717) is 24.1 Å². The molecule has 2 heterocycles. The molecule has 32 heavy (non-hydrogen) atoms. The van der Waals surface area contributed by atoms with Gasteiger partial charge in [-0.3, -0.25) is 19.5 Å². The Hall–Kier alpha value is -3.03. The van der Waals surface area contributed by atoms with E-state index in [9.17, 15) is 14.7 Å². The van der Waals surface area contributed by atoms with Crippen LogP contribution in [0, 0.1) is 0 Å². The lowest BCUT2D eigenvalue weighted by molar-refractivity contribution is -0.140. The molecule has 1 atom stereocenters. The average Bonchev–Trinajstić information content (AvgIpc) is 2.80. The maximum atomic E-state index is 13.1. The summed E-state index contributed by atoms with van der Waals surface area (Å²) in [5, 5.41) is 15.8. The van der Waals surface area contributed by atoms with Crippen molar-refractivity contribution in [3.8, 4) is 0 Å². The number of carbonyl (C=O) groups excluding carboxylic acids is 1. The largest absolute Gasteiger partial charge is 0.480 e. The fourth-order valence-electron chi connectivity index (χ4n) is 4.50. The third kappa shape index (κ3) is 4.74. The number of aliphatic carboxylic acids is 1. The zero-order valence-corrected chi connectivity index (χ0v) is 18.5. The summed E-state index contributed by atoms with van der Waals surface area (Å²) in [4.78, 5) is 26.1. The van der Waals surface area contributed by atoms with Crippen LogP contribution >= 0.6 is 0 Å². The zero-order chi connectivity index (χ0) is 22.7. The van der Waals surface area contributed by atoms with Crippen LogP contribution in [0.4, 0.5) is 0 Å². The van der Waals surface area contributed by atoms with Gasteiger partial charge in [-0.2, -0.15) is 5.10 Å². The molecule has 7 heteroatoms. The number of rotatable bonds is 6. The first kappa shape index (κ1) is 22.2. The van der Waals surface area contributed by atoms with E-state index in [1.54, 1.807) is 11.8 Å². The van der Waals surface area contributed by atoms with E-state index in [-0.39, 0.29) is 12.3 Å². The molecule has 0 aliphatic carbocycles.